The SMILES string of the molecule is CC(N)c1ccccc1Nc1ccc(C(=O)N(C)C)cn1. The van der Waals surface area contributed by atoms with Crippen molar-refractivity contribution in [1.29, 1.82) is 0 Å². The van der Waals surface area contributed by atoms with Gasteiger partial charge < -0.3 is 16.0 Å². The number of carbonyl (C=O) groups excluding carboxylic acids is 1. The fraction of sp³-hybridized carbons (Fsp3) is 0.250. The van der Waals surface area contributed by atoms with Crippen LogP contribution in [0, 0.1) is 0 Å². The van der Waals surface area contributed by atoms with Crippen molar-refractivity contribution < 1.29 is 4.79 Å². The Morgan fingerprint density at radius 3 is 2.52 bits per heavy atom. The van der Waals surface area contributed by atoms with E-state index in [2.05, 4.69) is 10.3 Å². The molecule has 0 saturated carbocycles. The van der Waals surface area contributed by atoms with Crippen LogP contribution in [0.2, 0.25) is 0 Å². The van der Waals surface area contributed by atoms with Crippen LogP contribution in [0.5, 0.6) is 0 Å². The predicted octanol–water partition coefficient (Wildman–Crippen LogP) is 2.55. The maximum atomic E-state index is 11.8. The van der Waals surface area contributed by atoms with Gasteiger partial charge in [0.1, 0.15) is 5.82 Å². The average Bonchev–Trinajstić information content (AvgIpc) is 2.47. The summed E-state index contributed by atoms with van der Waals surface area (Å²) in [6, 6.07) is 11.3. The van der Waals surface area contributed by atoms with Crippen molar-refractivity contribution in [3.63, 3.8) is 0 Å². The molecule has 5 heteroatoms. The Kier molecular flexibility index (Phi) is 4.55. The fourth-order valence-corrected chi connectivity index (χ4v) is 2.00. The van der Waals surface area contributed by atoms with Gasteiger partial charge in [0, 0.05) is 32.0 Å². The van der Waals surface area contributed by atoms with Crippen molar-refractivity contribution in [3.05, 3.63) is 53.7 Å². The molecule has 0 spiro atoms. The summed E-state index contributed by atoms with van der Waals surface area (Å²) >= 11 is 0. The number of aromatic nitrogens is 1. The number of para-hydroxylation sites is 1. The molecular formula is C16H20N4O. The highest BCUT2D eigenvalue weighted by atomic mass is 16.2. The van der Waals surface area contributed by atoms with Gasteiger partial charge in [-0.15, -0.1) is 0 Å². The van der Waals surface area contributed by atoms with Crippen molar-refractivity contribution >= 4 is 17.4 Å². The number of anilines is 2. The minimum absolute atomic E-state index is 0.0648. The Morgan fingerprint density at radius 2 is 1.95 bits per heavy atom. The zero-order valence-electron chi connectivity index (χ0n) is 12.5. The second-order valence-electron chi connectivity index (χ2n) is 5.13. The Hall–Kier alpha value is -2.40. The normalized spacial score (nSPS) is 11.8. The third-order valence-corrected chi connectivity index (χ3v) is 3.13. The molecule has 0 aliphatic carbocycles. The first-order chi connectivity index (χ1) is 9.99. The van der Waals surface area contributed by atoms with Crippen LogP contribution in [0.1, 0.15) is 28.9 Å². The molecule has 2 aromatic rings. The predicted molar refractivity (Wildman–Crippen MR) is 84.6 cm³/mol. The number of hydrogen-bond acceptors (Lipinski definition) is 4. The van der Waals surface area contributed by atoms with Gasteiger partial charge in [0.15, 0.2) is 0 Å². The Bertz CT molecular complexity index is 620. The molecule has 0 aliphatic heterocycles. The zero-order valence-corrected chi connectivity index (χ0v) is 12.5. The Morgan fingerprint density at radius 1 is 1.24 bits per heavy atom. The van der Waals surface area contributed by atoms with E-state index in [9.17, 15) is 4.79 Å². The van der Waals surface area contributed by atoms with Gasteiger partial charge in [0.2, 0.25) is 0 Å². The van der Waals surface area contributed by atoms with E-state index < -0.39 is 0 Å². The number of benzene rings is 1. The first kappa shape index (κ1) is 15.0. The molecule has 1 aromatic heterocycles. The lowest BCUT2D eigenvalue weighted by atomic mass is 10.1. The molecule has 0 fully saturated rings. The van der Waals surface area contributed by atoms with Crippen LogP contribution < -0.4 is 11.1 Å². The molecule has 0 saturated heterocycles. The summed E-state index contributed by atoms with van der Waals surface area (Å²) in [6.45, 7) is 1.94. The first-order valence-corrected chi connectivity index (χ1v) is 6.78. The zero-order chi connectivity index (χ0) is 15.4. The molecular weight excluding hydrogens is 264 g/mol. The molecule has 2 rings (SSSR count). The second kappa shape index (κ2) is 6.37. The summed E-state index contributed by atoms with van der Waals surface area (Å²) in [4.78, 5) is 17.6. The van der Waals surface area contributed by atoms with Gasteiger partial charge in [-0.25, -0.2) is 4.98 Å². The highest BCUT2D eigenvalue weighted by Crippen LogP contribution is 2.23. The highest BCUT2D eigenvalue weighted by molar-refractivity contribution is 5.93. The summed E-state index contributed by atoms with van der Waals surface area (Å²) in [5, 5.41) is 3.23. The largest absolute Gasteiger partial charge is 0.345 e. The molecule has 21 heavy (non-hydrogen) atoms. The Balaban J connectivity index is 2.20. The van der Waals surface area contributed by atoms with E-state index in [1.165, 1.54) is 4.90 Å². The van der Waals surface area contributed by atoms with Crippen molar-refractivity contribution in [2.75, 3.05) is 19.4 Å². The maximum Gasteiger partial charge on any atom is 0.254 e. The number of nitrogens with two attached hydrogens (primary N) is 1. The van der Waals surface area contributed by atoms with Crippen LogP contribution in [0.15, 0.2) is 42.6 Å². The van der Waals surface area contributed by atoms with Crippen LogP contribution >= 0.6 is 0 Å². The van der Waals surface area contributed by atoms with Gasteiger partial charge in [-0.1, -0.05) is 18.2 Å². The fourth-order valence-electron chi connectivity index (χ4n) is 2.00. The molecule has 3 N–H and O–H groups in total. The van der Waals surface area contributed by atoms with Crippen molar-refractivity contribution in [3.8, 4) is 0 Å². The number of nitrogens with one attached hydrogen (secondary N) is 1. The minimum atomic E-state index is -0.0664. The number of pyridine rings is 1. The van der Waals surface area contributed by atoms with E-state index in [1.54, 1.807) is 32.4 Å². The van der Waals surface area contributed by atoms with E-state index in [4.69, 9.17) is 5.73 Å². The molecule has 1 unspecified atom stereocenters. The molecule has 0 aliphatic rings. The topological polar surface area (TPSA) is 71.2 Å². The van der Waals surface area contributed by atoms with Crippen molar-refractivity contribution in [2.45, 2.75) is 13.0 Å². The van der Waals surface area contributed by atoms with Crippen LogP contribution in [0.3, 0.4) is 0 Å². The van der Waals surface area contributed by atoms with E-state index >= 15 is 0 Å². The van der Waals surface area contributed by atoms with E-state index in [1.807, 2.05) is 31.2 Å². The molecule has 0 radical (unpaired) electrons. The summed E-state index contributed by atoms with van der Waals surface area (Å²) in [5.74, 6) is 0.614. The van der Waals surface area contributed by atoms with E-state index in [0.29, 0.717) is 11.4 Å². The van der Waals surface area contributed by atoms with E-state index in [-0.39, 0.29) is 11.9 Å². The van der Waals surface area contributed by atoms with Gasteiger partial charge in [-0.3, -0.25) is 4.79 Å². The quantitative estimate of drug-likeness (QED) is 0.905. The average molecular weight is 284 g/mol. The smallest absolute Gasteiger partial charge is 0.254 e. The minimum Gasteiger partial charge on any atom is -0.345 e. The lowest BCUT2D eigenvalue weighted by molar-refractivity contribution is 0.0827. The lowest BCUT2D eigenvalue weighted by Crippen LogP contribution is -2.21. The van der Waals surface area contributed by atoms with Crippen molar-refractivity contribution in [2.24, 2.45) is 5.73 Å². The molecule has 1 heterocycles. The second-order valence-corrected chi connectivity index (χ2v) is 5.13. The number of carbonyl (C=O) groups is 1. The third kappa shape index (κ3) is 3.58. The number of amides is 1. The summed E-state index contributed by atoms with van der Waals surface area (Å²) < 4.78 is 0. The standard InChI is InChI=1S/C16H20N4O/c1-11(17)13-6-4-5-7-14(13)19-15-9-8-12(10-18-15)16(21)20(2)3/h4-11H,17H2,1-3H3,(H,18,19). The number of hydrogen-bond donors (Lipinski definition) is 2. The van der Waals surface area contributed by atoms with Gasteiger partial charge in [0.05, 0.1) is 5.56 Å². The summed E-state index contributed by atoms with van der Waals surface area (Å²) in [7, 11) is 3.43. The van der Waals surface area contributed by atoms with Crippen LogP contribution in [0.4, 0.5) is 11.5 Å². The van der Waals surface area contributed by atoms with Crippen LogP contribution in [-0.2, 0) is 0 Å². The maximum absolute atomic E-state index is 11.8. The summed E-state index contributed by atoms with van der Waals surface area (Å²) in [6.07, 6.45) is 1.57. The Labute approximate surface area is 124 Å². The van der Waals surface area contributed by atoms with Crippen LogP contribution in [-0.4, -0.2) is 29.9 Å². The molecule has 5 nitrogen and oxygen atoms in total. The third-order valence-electron chi connectivity index (χ3n) is 3.13. The lowest BCUT2D eigenvalue weighted by Gasteiger charge is -2.14. The summed E-state index contributed by atoms with van der Waals surface area (Å²) in [5.41, 5.74) is 8.46. The van der Waals surface area contributed by atoms with Gasteiger partial charge in [0.25, 0.3) is 5.91 Å². The van der Waals surface area contributed by atoms with Gasteiger partial charge in [-0.2, -0.15) is 0 Å². The molecule has 110 valence electrons. The number of nitrogens with zero attached hydrogens (tertiary/aromatic N) is 2. The first-order valence-electron chi connectivity index (χ1n) is 6.78. The highest BCUT2D eigenvalue weighted by Gasteiger charge is 2.09. The number of rotatable bonds is 4. The molecule has 1 atom stereocenters. The van der Waals surface area contributed by atoms with Crippen LogP contribution in [0.25, 0.3) is 0 Å². The van der Waals surface area contributed by atoms with Gasteiger partial charge in [-0.05, 0) is 30.7 Å². The van der Waals surface area contributed by atoms with Crippen molar-refractivity contribution in [1.82, 2.24) is 9.88 Å². The van der Waals surface area contributed by atoms with E-state index in [0.717, 1.165) is 11.3 Å². The van der Waals surface area contributed by atoms with Gasteiger partial charge >= 0.3 is 0 Å². The molecule has 1 aromatic carbocycles. The molecule has 1 amide bonds. The molecule has 0 bridgehead atoms. The monoisotopic (exact) mass is 284 g/mol.